The number of nitrogens with zero attached hydrogens (tertiary/aromatic N) is 1. The molecule has 13 heavy (non-hydrogen) atoms. The second kappa shape index (κ2) is 3.22. The highest BCUT2D eigenvalue weighted by Crippen LogP contribution is 2.15. The Hall–Kier alpha value is -1.29. The molecule has 0 fully saturated rings. The van der Waals surface area contributed by atoms with Gasteiger partial charge in [-0.25, -0.2) is 0 Å². The number of aromatic amines is 2. The zero-order valence-electron chi connectivity index (χ0n) is 7.32. The minimum Gasteiger partial charge on any atom is -0.363 e. The molecule has 0 saturated carbocycles. The van der Waals surface area contributed by atoms with Crippen molar-refractivity contribution in [3.63, 3.8) is 0 Å². The Labute approximate surface area is 81.4 Å². The van der Waals surface area contributed by atoms with E-state index in [0.29, 0.717) is 0 Å². The first kappa shape index (κ1) is 8.31. The van der Waals surface area contributed by atoms with Crippen molar-refractivity contribution in [1.82, 2.24) is 14.5 Å². The fourth-order valence-corrected chi connectivity index (χ4v) is 1.68. The molecule has 0 radical (unpaired) electrons. The summed E-state index contributed by atoms with van der Waals surface area (Å²) < 4.78 is 2.77. The summed E-state index contributed by atoms with van der Waals surface area (Å²) in [6.07, 6.45) is 5.72. The van der Waals surface area contributed by atoms with E-state index in [1.54, 1.807) is 0 Å². The van der Waals surface area contributed by atoms with Gasteiger partial charge in [-0.15, -0.1) is 0 Å². The van der Waals surface area contributed by atoms with Gasteiger partial charge >= 0.3 is 0 Å². The van der Waals surface area contributed by atoms with Gasteiger partial charge in [-0.3, -0.25) is 0 Å². The van der Waals surface area contributed by atoms with E-state index in [1.807, 2.05) is 29.2 Å². The quantitative estimate of drug-likeness (QED) is 0.706. The molecule has 0 aliphatic rings. The summed E-state index contributed by atoms with van der Waals surface area (Å²) in [5.41, 5.74) is 1.16. The summed E-state index contributed by atoms with van der Waals surface area (Å²) in [5.74, 6) is 0. The molecule has 1 atom stereocenters. The van der Waals surface area contributed by atoms with Crippen LogP contribution in [0, 0.1) is 4.77 Å². The number of hydrogen-bond acceptors (Lipinski definition) is 1. The molecule has 2 N–H and O–H groups in total. The molecule has 2 rings (SSSR count). The summed E-state index contributed by atoms with van der Waals surface area (Å²) in [6, 6.07) is 4.30. The lowest BCUT2D eigenvalue weighted by Gasteiger charge is -2.10. The van der Waals surface area contributed by atoms with Crippen molar-refractivity contribution in [2.24, 2.45) is 0 Å². The number of imidazole rings is 1. The Morgan fingerprint density at radius 3 is 2.77 bits per heavy atom. The highest BCUT2D eigenvalue weighted by Gasteiger charge is 2.07. The van der Waals surface area contributed by atoms with Gasteiger partial charge in [-0.05, 0) is 31.3 Å². The molecule has 0 aromatic carbocycles. The van der Waals surface area contributed by atoms with Crippen molar-refractivity contribution in [3.8, 4) is 0 Å². The third-order valence-corrected chi connectivity index (χ3v) is 2.49. The number of hydrogen-bond donors (Lipinski definition) is 2. The van der Waals surface area contributed by atoms with Crippen LogP contribution in [0.2, 0.25) is 0 Å². The van der Waals surface area contributed by atoms with Crippen LogP contribution in [0.1, 0.15) is 18.7 Å². The van der Waals surface area contributed by atoms with Gasteiger partial charge in [0.2, 0.25) is 0 Å². The van der Waals surface area contributed by atoms with E-state index < -0.39 is 0 Å². The van der Waals surface area contributed by atoms with Crippen molar-refractivity contribution in [2.45, 2.75) is 13.0 Å². The van der Waals surface area contributed by atoms with E-state index in [4.69, 9.17) is 12.2 Å². The first-order chi connectivity index (χ1) is 6.29. The highest BCUT2D eigenvalue weighted by atomic mass is 32.1. The standard InChI is InChI=1S/C9H11N3S/c1-7(8-3-2-4-10-8)12-6-5-11-9(12)13/h2-7,10H,1H3,(H,11,13). The van der Waals surface area contributed by atoms with Crippen LogP contribution >= 0.6 is 12.2 Å². The molecule has 3 nitrogen and oxygen atoms in total. The maximum Gasteiger partial charge on any atom is 0.177 e. The second-order valence-corrected chi connectivity index (χ2v) is 3.36. The molecular weight excluding hydrogens is 182 g/mol. The minimum absolute atomic E-state index is 0.258. The van der Waals surface area contributed by atoms with E-state index in [2.05, 4.69) is 23.0 Å². The van der Waals surface area contributed by atoms with E-state index in [9.17, 15) is 0 Å². The van der Waals surface area contributed by atoms with Gasteiger partial charge in [0.05, 0.1) is 6.04 Å². The van der Waals surface area contributed by atoms with Crippen LogP contribution in [0.15, 0.2) is 30.7 Å². The Kier molecular flexibility index (Phi) is 2.06. The molecule has 4 heteroatoms. The molecule has 68 valence electrons. The fourth-order valence-electron chi connectivity index (χ4n) is 1.39. The van der Waals surface area contributed by atoms with Gasteiger partial charge in [0.1, 0.15) is 0 Å². The lowest BCUT2D eigenvalue weighted by Crippen LogP contribution is -2.05. The predicted octanol–water partition coefficient (Wildman–Crippen LogP) is 2.48. The number of aromatic nitrogens is 3. The fraction of sp³-hybridized carbons (Fsp3) is 0.222. The summed E-state index contributed by atoms with van der Waals surface area (Å²) in [5, 5.41) is 0. The summed E-state index contributed by atoms with van der Waals surface area (Å²) >= 11 is 5.13. The molecule has 2 heterocycles. The number of nitrogens with one attached hydrogen (secondary N) is 2. The van der Waals surface area contributed by atoms with Crippen LogP contribution in [0.4, 0.5) is 0 Å². The van der Waals surface area contributed by atoms with Crippen LogP contribution in [0.25, 0.3) is 0 Å². The van der Waals surface area contributed by atoms with E-state index in [1.165, 1.54) is 0 Å². The zero-order valence-corrected chi connectivity index (χ0v) is 8.14. The molecule has 0 bridgehead atoms. The van der Waals surface area contributed by atoms with Crippen LogP contribution in [0.3, 0.4) is 0 Å². The van der Waals surface area contributed by atoms with Gasteiger partial charge in [-0.2, -0.15) is 0 Å². The average Bonchev–Trinajstić information content (AvgIpc) is 2.72. The Morgan fingerprint density at radius 2 is 2.23 bits per heavy atom. The van der Waals surface area contributed by atoms with Gasteiger partial charge in [-0.1, -0.05) is 0 Å². The Balaban J connectivity index is 2.39. The lowest BCUT2D eigenvalue weighted by molar-refractivity contribution is 0.616. The third kappa shape index (κ3) is 1.45. The Morgan fingerprint density at radius 1 is 1.38 bits per heavy atom. The molecule has 0 aliphatic heterocycles. The molecule has 0 spiro atoms. The smallest absolute Gasteiger partial charge is 0.177 e. The molecule has 2 aromatic rings. The van der Waals surface area contributed by atoms with Gasteiger partial charge < -0.3 is 14.5 Å². The van der Waals surface area contributed by atoms with Crippen molar-refractivity contribution >= 4 is 12.2 Å². The van der Waals surface area contributed by atoms with Crippen LogP contribution < -0.4 is 0 Å². The molecule has 2 aromatic heterocycles. The molecule has 0 amide bonds. The topological polar surface area (TPSA) is 36.5 Å². The van der Waals surface area contributed by atoms with Crippen molar-refractivity contribution in [3.05, 3.63) is 41.2 Å². The first-order valence-corrected chi connectivity index (χ1v) is 4.58. The van der Waals surface area contributed by atoms with Gasteiger partial charge in [0.25, 0.3) is 0 Å². The number of rotatable bonds is 2. The van der Waals surface area contributed by atoms with Gasteiger partial charge in [0, 0.05) is 24.3 Å². The number of H-pyrrole nitrogens is 2. The highest BCUT2D eigenvalue weighted by molar-refractivity contribution is 7.71. The monoisotopic (exact) mass is 193 g/mol. The van der Waals surface area contributed by atoms with E-state index in [0.717, 1.165) is 10.5 Å². The largest absolute Gasteiger partial charge is 0.363 e. The second-order valence-electron chi connectivity index (χ2n) is 2.97. The van der Waals surface area contributed by atoms with E-state index >= 15 is 0 Å². The van der Waals surface area contributed by atoms with Crippen LogP contribution in [-0.2, 0) is 0 Å². The van der Waals surface area contributed by atoms with Crippen molar-refractivity contribution in [1.29, 1.82) is 0 Å². The third-order valence-electron chi connectivity index (χ3n) is 2.17. The normalized spacial score (nSPS) is 13.0. The van der Waals surface area contributed by atoms with Crippen molar-refractivity contribution < 1.29 is 0 Å². The lowest BCUT2D eigenvalue weighted by atomic mass is 10.2. The van der Waals surface area contributed by atoms with Crippen LogP contribution in [0.5, 0.6) is 0 Å². The molecular formula is C9H11N3S. The summed E-state index contributed by atoms with van der Waals surface area (Å²) in [6.45, 7) is 2.11. The minimum atomic E-state index is 0.258. The molecule has 0 saturated heterocycles. The molecule has 0 aliphatic carbocycles. The predicted molar refractivity (Wildman–Crippen MR) is 54.2 cm³/mol. The van der Waals surface area contributed by atoms with Gasteiger partial charge in [0.15, 0.2) is 4.77 Å². The average molecular weight is 193 g/mol. The summed E-state index contributed by atoms with van der Waals surface area (Å²) in [7, 11) is 0. The SMILES string of the molecule is CC(c1ccc[nH]1)n1cc[nH]c1=S. The Bertz CT molecular complexity index is 424. The maximum atomic E-state index is 5.13. The first-order valence-electron chi connectivity index (χ1n) is 4.18. The van der Waals surface area contributed by atoms with Crippen LogP contribution in [-0.4, -0.2) is 14.5 Å². The maximum absolute atomic E-state index is 5.13. The summed E-state index contributed by atoms with van der Waals surface area (Å²) in [4.78, 5) is 6.15. The zero-order chi connectivity index (χ0) is 9.26. The van der Waals surface area contributed by atoms with E-state index in [-0.39, 0.29) is 6.04 Å². The molecule has 1 unspecified atom stereocenters. The van der Waals surface area contributed by atoms with Crippen molar-refractivity contribution in [2.75, 3.05) is 0 Å².